The van der Waals surface area contributed by atoms with Crippen molar-refractivity contribution in [3.63, 3.8) is 0 Å². The van der Waals surface area contributed by atoms with Gasteiger partial charge in [0, 0.05) is 36.2 Å². The van der Waals surface area contributed by atoms with Crippen LogP contribution in [0.5, 0.6) is 11.5 Å². The number of ether oxygens (including phenoxy) is 1. The molecule has 3 heterocycles. The smallest absolute Gasteiger partial charge is 0.255 e. The van der Waals surface area contributed by atoms with Crippen molar-refractivity contribution in [2.75, 3.05) is 18.4 Å². The van der Waals surface area contributed by atoms with E-state index in [4.69, 9.17) is 4.74 Å². The lowest BCUT2D eigenvalue weighted by molar-refractivity contribution is -0.172. The van der Waals surface area contributed by atoms with Gasteiger partial charge in [0.05, 0.1) is 27.8 Å². The summed E-state index contributed by atoms with van der Waals surface area (Å²) in [5.74, 6) is 0.318. The molecule has 5 aliphatic rings. The molecule has 0 unspecified atom stereocenters. The Morgan fingerprint density at radius 1 is 1.16 bits per heavy atom. The molecule has 8 rings (SSSR count). The van der Waals surface area contributed by atoms with E-state index in [0.717, 1.165) is 29.6 Å². The second-order valence-electron chi connectivity index (χ2n) is 11.6. The van der Waals surface area contributed by atoms with E-state index in [1.165, 1.54) is 12.8 Å². The second kappa shape index (κ2) is 7.48. The van der Waals surface area contributed by atoms with E-state index in [2.05, 4.69) is 15.2 Å². The number of amides is 1. The maximum absolute atomic E-state index is 13.8. The molecule has 8 nitrogen and oxygen atoms in total. The Labute approximate surface area is 219 Å². The highest BCUT2D eigenvalue weighted by Gasteiger charge is 2.73. The fraction of sp³-hybridized carbons (Fsp3) is 0.400. The number of pyridine rings is 1. The third-order valence-electron chi connectivity index (χ3n) is 9.67. The molecule has 4 N–H and O–H groups in total. The second-order valence-corrected chi connectivity index (χ2v) is 11.6. The van der Waals surface area contributed by atoms with Gasteiger partial charge < -0.3 is 25.4 Å². The maximum atomic E-state index is 13.8. The first-order valence-electron chi connectivity index (χ1n) is 13.5. The van der Waals surface area contributed by atoms with Crippen LogP contribution < -0.4 is 10.1 Å². The van der Waals surface area contributed by atoms with Crippen LogP contribution in [0.2, 0.25) is 0 Å². The largest absolute Gasteiger partial charge is 0.508 e. The summed E-state index contributed by atoms with van der Waals surface area (Å²) in [6.45, 7) is 1.70. The zero-order valence-corrected chi connectivity index (χ0v) is 20.9. The molecule has 2 bridgehead atoms. The summed E-state index contributed by atoms with van der Waals surface area (Å²) in [5, 5.41) is 38.9. The predicted octanol–water partition coefficient (Wildman–Crippen LogP) is 3.57. The summed E-state index contributed by atoms with van der Waals surface area (Å²) in [4.78, 5) is 20.6. The molecule has 2 aliphatic heterocycles. The van der Waals surface area contributed by atoms with Crippen molar-refractivity contribution >= 4 is 22.5 Å². The molecule has 1 saturated heterocycles. The molecular formula is C30H29N3O5. The molecule has 1 aromatic heterocycles. The Hall–Kier alpha value is -3.62. The number of nitrogens with zero attached hydrogens (tertiary/aromatic N) is 2. The molecule has 38 heavy (non-hydrogen) atoms. The molecule has 0 radical (unpaired) electrons. The van der Waals surface area contributed by atoms with E-state index < -0.39 is 23.0 Å². The number of aliphatic hydroxyl groups excluding tert-OH is 1. The number of anilines is 1. The lowest BCUT2D eigenvalue weighted by Crippen LogP contribution is -2.75. The average Bonchev–Trinajstić information content (AvgIpc) is 3.66. The number of likely N-dealkylation sites (tertiary alicyclic amines) is 1. The lowest BCUT2D eigenvalue weighted by Gasteiger charge is -2.62. The van der Waals surface area contributed by atoms with Gasteiger partial charge in [0.25, 0.3) is 5.91 Å². The fourth-order valence-electron chi connectivity index (χ4n) is 7.77. The van der Waals surface area contributed by atoms with Crippen molar-refractivity contribution < 1.29 is 24.9 Å². The molecular weight excluding hydrogens is 482 g/mol. The summed E-state index contributed by atoms with van der Waals surface area (Å²) >= 11 is 0. The average molecular weight is 512 g/mol. The number of fused-ring (bicyclic) bond motifs is 1. The molecule has 1 spiro atoms. The van der Waals surface area contributed by atoms with Gasteiger partial charge in [-0.25, -0.2) is 0 Å². The van der Waals surface area contributed by atoms with Crippen molar-refractivity contribution in [3.8, 4) is 11.5 Å². The summed E-state index contributed by atoms with van der Waals surface area (Å²) in [7, 11) is 0. The van der Waals surface area contributed by atoms with Gasteiger partial charge in [-0.2, -0.15) is 0 Å². The zero-order chi connectivity index (χ0) is 25.8. The number of nitrogens with one attached hydrogen (secondary N) is 1. The van der Waals surface area contributed by atoms with E-state index in [0.29, 0.717) is 35.7 Å². The van der Waals surface area contributed by atoms with Gasteiger partial charge in [-0.15, -0.1) is 0 Å². The normalized spacial score (nSPS) is 31.2. The summed E-state index contributed by atoms with van der Waals surface area (Å²) < 4.78 is 6.29. The number of phenols is 1. The molecule has 1 saturated carbocycles. The van der Waals surface area contributed by atoms with Crippen molar-refractivity contribution in [1.82, 2.24) is 9.88 Å². The van der Waals surface area contributed by atoms with Gasteiger partial charge in [-0.3, -0.25) is 14.7 Å². The predicted molar refractivity (Wildman–Crippen MR) is 140 cm³/mol. The first-order valence-corrected chi connectivity index (χ1v) is 13.5. The first-order chi connectivity index (χ1) is 18.4. The van der Waals surface area contributed by atoms with Crippen molar-refractivity contribution in [2.24, 2.45) is 5.92 Å². The molecule has 2 fully saturated rings. The van der Waals surface area contributed by atoms with E-state index in [1.807, 2.05) is 30.3 Å². The molecule has 8 heteroatoms. The topological polar surface area (TPSA) is 115 Å². The van der Waals surface area contributed by atoms with Crippen LogP contribution in [-0.4, -0.2) is 61.9 Å². The van der Waals surface area contributed by atoms with Crippen LogP contribution in [0.1, 0.15) is 36.8 Å². The van der Waals surface area contributed by atoms with Crippen LogP contribution in [0.15, 0.2) is 60.0 Å². The standard InChI is InChI=1S/C30H29N3O5/c34-21-9-8-18-13-22-30(37)14-19(28(36)32-20-5-1-3-17-4-2-11-31-24(17)20)25(35)27-29(30,23(18)26(21)38-27)10-12-33(22)15-16-6-7-16/h1-5,8-9,11,16,22,27,34-35,37H,6-7,10,12-15H2,(H,32,36)/t22-,27+,29+,30-/m1/s1. The minimum Gasteiger partial charge on any atom is -0.508 e. The van der Waals surface area contributed by atoms with Gasteiger partial charge in [-0.05, 0) is 61.9 Å². The highest BCUT2D eigenvalue weighted by atomic mass is 16.5. The summed E-state index contributed by atoms with van der Waals surface area (Å²) in [5.41, 5.74) is 0.889. The number of para-hydroxylation sites is 1. The number of benzene rings is 2. The number of piperidine rings is 1. The van der Waals surface area contributed by atoms with Crippen LogP contribution in [0.3, 0.4) is 0 Å². The third-order valence-corrected chi connectivity index (χ3v) is 9.67. The van der Waals surface area contributed by atoms with Gasteiger partial charge in [-0.1, -0.05) is 24.3 Å². The van der Waals surface area contributed by atoms with Crippen molar-refractivity contribution in [1.29, 1.82) is 0 Å². The number of phenolic OH excluding ortho intramolecular Hbond substituents is 1. The summed E-state index contributed by atoms with van der Waals surface area (Å²) in [6.07, 6.45) is 4.33. The Morgan fingerprint density at radius 2 is 2.00 bits per heavy atom. The number of hydrogen-bond acceptors (Lipinski definition) is 7. The van der Waals surface area contributed by atoms with E-state index in [-0.39, 0.29) is 29.5 Å². The molecule has 3 aliphatic carbocycles. The van der Waals surface area contributed by atoms with Crippen LogP contribution in [0.4, 0.5) is 5.69 Å². The SMILES string of the molecule is O=C(Nc1cccc2cccnc12)C1=C(O)[C@@H]2Oc3c(O)ccc4c3[C@@]23CCN(CC2CC2)[C@H](C4)[C@]3(O)C1. The number of aromatic nitrogens is 1. The van der Waals surface area contributed by atoms with Crippen LogP contribution in [-0.2, 0) is 16.6 Å². The number of aromatic hydroxyl groups is 1. The molecule has 1 amide bonds. The fourth-order valence-corrected chi connectivity index (χ4v) is 7.77. The Balaban J connectivity index is 1.25. The van der Waals surface area contributed by atoms with E-state index in [9.17, 15) is 20.1 Å². The molecule has 194 valence electrons. The lowest BCUT2D eigenvalue weighted by atomic mass is 9.49. The molecule has 3 aromatic rings. The van der Waals surface area contributed by atoms with Crippen LogP contribution >= 0.6 is 0 Å². The monoisotopic (exact) mass is 511 g/mol. The van der Waals surface area contributed by atoms with E-state index >= 15 is 0 Å². The van der Waals surface area contributed by atoms with Crippen LogP contribution in [0, 0.1) is 5.92 Å². The van der Waals surface area contributed by atoms with E-state index in [1.54, 1.807) is 18.3 Å². The van der Waals surface area contributed by atoms with Gasteiger partial charge in [0.2, 0.25) is 0 Å². The minimum atomic E-state index is -1.34. The van der Waals surface area contributed by atoms with Crippen molar-refractivity contribution in [2.45, 2.75) is 55.3 Å². The first kappa shape index (κ1) is 22.4. The van der Waals surface area contributed by atoms with Gasteiger partial charge in [0.15, 0.2) is 17.6 Å². The molecule has 4 atom stereocenters. The molecule has 2 aromatic carbocycles. The number of carbonyl (C=O) groups excluding carboxylic acids is 1. The highest BCUT2D eigenvalue weighted by molar-refractivity contribution is 6.08. The quantitative estimate of drug-likeness (QED) is 0.423. The highest BCUT2D eigenvalue weighted by Crippen LogP contribution is 2.66. The maximum Gasteiger partial charge on any atom is 0.255 e. The number of rotatable bonds is 4. The number of carbonyl (C=O) groups is 1. The zero-order valence-electron chi connectivity index (χ0n) is 20.9. The Bertz CT molecular complexity index is 1560. The minimum absolute atomic E-state index is 0.00307. The number of aliphatic hydroxyl groups is 2. The number of hydrogen-bond donors (Lipinski definition) is 4. The Kier molecular flexibility index (Phi) is 4.41. The van der Waals surface area contributed by atoms with Gasteiger partial charge in [0.1, 0.15) is 5.76 Å². The van der Waals surface area contributed by atoms with Crippen LogP contribution in [0.25, 0.3) is 10.9 Å². The third kappa shape index (κ3) is 2.77. The van der Waals surface area contributed by atoms with Crippen molar-refractivity contribution in [3.05, 3.63) is 71.1 Å². The Morgan fingerprint density at radius 3 is 2.84 bits per heavy atom. The van der Waals surface area contributed by atoms with Gasteiger partial charge >= 0.3 is 0 Å². The summed E-state index contributed by atoms with van der Waals surface area (Å²) in [6, 6.07) is 12.6.